The van der Waals surface area contributed by atoms with Gasteiger partial charge >= 0.3 is 0 Å². The van der Waals surface area contributed by atoms with E-state index in [1.807, 2.05) is 0 Å². The number of carbonyl (C=O) groups excluding carboxylic acids is 1. The van der Waals surface area contributed by atoms with E-state index in [4.69, 9.17) is 0 Å². The second-order valence-electron chi connectivity index (χ2n) is 4.36. The first kappa shape index (κ1) is 15.3. The molecule has 112 valence electrons. The first-order valence-electron chi connectivity index (χ1n) is 6.39. The van der Waals surface area contributed by atoms with Gasteiger partial charge in [0.25, 0.3) is 11.6 Å². The minimum absolute atomic E-state index is 0.121. The summed E-state index contributed by atoms with van der Waals surface area (Å²) in [7, 11) is 0. The molecule has 1 atom stereocenters. The van der Waals surface area contributed by atoms with E-state index in [1.54, 1.807) is 36.4 Å². The maximum absolute atomic E-state index is 11.7. The molecule has 0 spiro atoms. The van der Waals surface area contributed by atoms with Crippen LogP contribution < -0.4 is 5.43 Å². The minimum atomic E-state index is -1.36. The number of nitro groups is 1. The summed E-state index contributed by atoms with van der Waals surface area (Å²) in [6.07, 6.45) is -0.197. The van der Waals surface area contributed by atoms with E-state index in [1.165, 1.54) is 18.2 Å². The van der Waals surface area contributed by atoms with Gasteiger partial charge in [-0.3, -0.25) is 14.9 Å². The molecule has 7 heteroatoms. The van der Waals surface area contributed by atoms with E-state index in [2.05, 4.69) is 10.5 Å². The highest BCUT2D eigenvalue weighted by Gasteiger charge is 2.16. The lowest BCUT2D eigenvalue weighted by atomic mass is 10.1. The Labute approximate surface area is 126 Å². The maximum Gasteiger partial charge on any atom is 0.278 e. The molecule has 0 heterocycles. The number of aliphatic hydroxyl groups excluding tert-OH is 1. The van der Waals surface area contributed by atoms with Crippen molar-refractivity contribution < 1.29 is 14.8 Å². The molecule has 2 rings (SSSR count). The van der Waals surface area contributed by atoms with Crippen LogP contribution in [0.15, 0.2) is 59.7 Å². The number of nitrogens with one attached hydrogen (secondary N) is 1. The number of amides is 1. The number of nitrogens with zero attached hydrogens (tertiary/aromatic N) is 2. The molecule has 22 heavy (non-hydrogen) atoms. The number of rotatable bonds is 5. The number of hydrogen-bond donors (Lipinski definition) is 2. The SMILES string of the molecule is O=C(N/N=C/c1ccccc1[N+](=O)[O-])C(O)c1ccccc1. The third-order valence-electron chi connectivity index (χ3n) is 2.88. The zero-order valence-electron chi connectivity index (χ0n) is 11.4. The van der Waals surface area contributed by atoms with Crippen molar-refractivity contribution in [2.24, 2.45) is 5.10 Å². The monoisotopic (exact) mass is 299 g/mol. The van der Waals surface area contributed by atoms with Crippen molar-refractivity contribution in [1.82, 2.24) is 5.43 Å². The molecule has 0 radical (unpaired) electrons. The van der Waals surface area contributed by atoms with Crippen LogP contribution in [0.5, 0.6) is 0 Å². The lowest BCUT2D eigenvalue weighted by molar-refractivity contribution is -0.385. The summed E-state index contributed by atoms with van der Waals surface area (Å²) in [6, 6.07) is 14.4. The zero-order valence-corrected chi connectivity index (χ0v) is 11.4. The van der Waals surface area contributed by atoms with Gasteiger partial charge in [-0.25, -0.2) is 5.43 Å². The Hall–Kier alpha value is -3.06. The van der Waals surface area contributed by atoms with Gasteiger partial charge < -0.3 is 5.11 Å². The Bertz CT molecular complexity index is 701. The van der Waals surface area contributed by atoms with Crippen molar-refractivity contribution in [3.05, 3.63) is 75.8 Å². The van der Waals surface area contributed by atoms with Gasteiger partial charge in [-0.15, -0.1) is 0 Å². The summed E-state index contributed by atoms with van der Waals surface area (Å²) in [4.78, 5) is 22.0. The summed E-state index contributed by atoms with van der Waals surface area (Å²) < 4.78 is 0. The van der Waals surface area contributed by atoms with Crippen molar-refractivity contribution in [3.63, 3.8) is 0 Å². The molecule has 0 aliphatic heterocycles. The number of nitro benzene ring substituents is 1. The molecular weight excluding hydrogens is 286 g/mol. The maximum atomic E-state index is 11.7. The molecule has 2 aromatic carbocycles. The van der Waals surface area contributed by atoms with Crippen LogP contribution >= 0.6 is 0 Å². The number of aliphatic hydroxyl groups is 1. The number of hydrogen-bond acceptors (Lipinski definition) is 5. The van der Waals surface area contributed by atoms with Crippen molar-refractivity contribution in [2.45, 2.75) is 6.10 Å². The highest BCUT2D eigenvalue weighted by molar-refractivity contribution is 5.87. The Morgan fingerprint density at radius 2 is 1.82 bits per heavy atom. The number of hydrazone groups is 1. The average Bonchev–Trinajstić information content (AvgIpc) is 2.55. The fraction of sp³-hybridized carbons (Fsp3) is 0.0667. The van der Waals surface area contributed by atoms with Crippen LogP contribution in [0.2, 0.25) is 0 Å². The number of carbonyl (C=O) groups is 1. The molecule has 0 aromatic heterocycles. The van der Waals surface area contributed by atoms with E-state index < -0.39 is 16.9 Å². The zero-order chi connectivity index (χ0) is 15.9. The Balaban J connectivity index is 2.04. The first-order valence-corrected chi connectivity index (χ1v) is 6.39. The topological polar surface area (TPSA) is 105 Å². The molecule has 0 bridgehead atoms. The normalized spacial score (nSPS) is 12.0. The predicted octanol–water partition coefficient (Wildman–Crippen LogP) is 1.78. The van der Waals surface area contributed by atoms with Crippen LogP contribution in [-0.2, 0) is 4.79 Å². The largest absolute Gasteiger partial charge is 0.378 e. The third kappa shape index (κ3) is 3.74. The smallest absolute Gasteiger partial charge is 0.278 e. The van der Waals surface area contributed by atoms with Gasteiger partial charge in [0.2, 0.25) is 0 Å². The van der Waals surface area contributed by atoms with E-state index >= 15 is 0 Å². The van der Waals surface area contributed by atoms with Gasteiger partial charge in [0.15, 0.2) is 6.10 Å². The van der Waals surface area contributed by atoms with E-state index in [0.29, 0.717) is 5.56 Å². The molecule has 0 fully saturated rings. The second kappa shape index (κ2) is 7.09. The van der Waals surface area contributed by atoms with E-state index in [-0.39, 0.29) is 11.3 Å². The Morgan fingerprint density at radius 1 is 1.18 bits per heavy atom. The summed E-state index contributed by atoms with van der Waals surface area (Å²) in [5.41, 5.74) is 2.72. The molecule has 1 unspecified atom stereocenters. The lowest BCUT2D eigenvalue weighted by Gasteiger charge is -2.08. The average molecular weight is 299 g/mol. The van der Waals surface area contributed by atoms with Crippen molar-refractivity contribution >= 4 is 17.8 Å². The molecular formula is C15H13N3O4. The highest BCUT2D eigenvalue weighted by Crippen LogP contribution is 2.15. The molecule has 0 saturated heterocycles. The Morgan fingerprint density at radius 3 is 2.50 bits per heavy atom. The fourth-order valence-electron chi connectivity index (χ4n) is 1.78. The molecule has 0 saturated carbocycles. The van der Waals surface area contributed by atoms with E-state index in [0.717, 1.165) is 6.21 Å². The summed E-state index contributed by atoms with van der Waals surface area (Å²) in [5, 5.41) is 24.3. The van der Waals surface area contributed by atoms with Gasteiger partial charge in [0.1, 0.15) is 0 Å². The van der Waals surface area contributed by atoms with E-state index in [9.17, 15) is 20.0 Å². The van der Waals surface area contributed by atoms with Crippen LogP contribution in [0, 0.1) is 10.1 Å². The molecule has 0 aliphatic rings. The fourth-order valence-corrected chi connectivity index (χ4v) is 1.78. The molecule has 7 nitrogen and oxygen atoms in total. The van der Waals surface area contributed by atoms with Gasteiger partial charge in [0, 0.05) is 6.07 Å². The van der Waals surface area contributed by atoms with Crippen LogP contribution in [0.25, 0.3) is 0 Å². The van der Waals surface area contributed by atoms with Crippen molar-refractivity contribution in [1.29, 1.82) is 0 Å². The second-order valence-corrected chi connectivity index (χ2v) is 4.36. The lowest BCUT2D eigenvalue weighted by Crippen LogP contribution is -2.25. The quantitative estimate of drug-likeness (QED) is 0.498. The molecule has 0 aliphatic carbocycles. The third-order valence-corrected chi connectivity index (χ3v) is 2.88. The van der Waals surface area contributed by atoms with Crippen LogP contribution in [0.3, 0.4) is 0 Å². The number of para-hydroxylation sites is 1. The Kier molecular flexibility index (Phi) is 4.94. The minimum Gasteiger partial charge on any atom is -0.378 e. The summed E-state index contributed by atoms with van der Waals surface area (Å²) in [5.74, 6) is -0.721. The molecule has 2 aromatic rings. The van der Waals surface area contributed by atoms with Crippen LogP contribution in [-0.4, -0.2) is 22.2 Å². The van der Waals surface area contributed by atoms with Gasteiger partial charge in [-0.2, -0.15) is 5.10 Å². The highest BCUT2D eigenvalue weighted by atomic mass is 16.6. The van der Waals surface area contributed by atoms with Crippen molar-refractivity contribution in [3.8, 4) is 0 Å². The van der Waals surface area contributed by atoms with Crippen LogP contribution in [0.4, 0.5) is 5.69 Å². The van der Waals surface area contributed by atoms with Crippen LogP contribution in [0.1, 0.15) is 17.2 Å². The molecule has 1 amide bonds. The molecule has 2 N–H and O–H groups in total. The number of benzene rings is 2. The summed E-state index contributed by atoms with van der Waals surface area (Å²) in [6.45, 7) is 0. The van der Waals surface area contributed by atoms with Gasteiger partial charge in [-0.05, 0) is 11.6 Å². The summed E-state index contributed by atoms with van der Waals surface area (Å²) >= 11 is 0. The standard InChI is InChI=1S/C15H13N3O4/c19-14(11-6-2-1-3-7-11)15(20)17-16-10-12-8-4-5-9-13(12)18(21)22/h1-10,14,19H,(H,17,20)/b16-10+. The van der Waals surface area contributed by atoms with Crippen molar-refractivity contribution in [2.75, 3.05) is 0 Å². The predicted molar refractivity (Wildman–Crippen MR) is 80.2 cm³/mol. The van der Waals surface area contributed by atoms with Gasteiger partial charge in [-0.1, -0.05) is 42.5 Å². The first-order chi connectivity index (χ1) is 10.6. The van der Waals surface area contributed by atoms with Gasteiger partial charge in [0.05, 0.1) is 16.7 Å².